The van der Waals surface area contributed by atoms with Gasteiger partial charge >= 0.3 is 17.3 Å². The van der Waals surface area contributed by atoms with Crippen LogP contribution in [0, 0.1) is 0 Å². The number of nitrogens with zero attached hydrogens (tertiary/aromatic N) is 5. The van der Waals surface area contributed by atoms with Crippen LogP contribution in [0.4, 0.5) is 11.6 Å². The molecule has 0 amide bonds. The third-order valence-electron chi connectivity index (χ3n) is 5.24. The Bertz CT molecular complexity index is 1510. The first-order chi connectivity index (χ1) is 17.7. The molecule has 0 radical (unpaired) electrons. The molecule has 1 N–H and O–H groups in total. The molecule has 4 rings (SSSR count). The van der Waals surface area contributed by atoms with Crippen molar-refractivity contribution in [1.29, 1.82) is 0 Å². The second kappa shape index (κ2) is 11.0. The minimum absolute atomic E-state index is 0.0611. The molecule has 0 aliphatic heterocycles. The van der Waals surface area contributed by atoms with Crippen LogP contribution in [0.15, 0.2) is 70.3 Å². The minimum Gasteiger partial charge on any atom is -0.464 e. The molecule has 0 spiro atoms. The molecule has 2 aromatic heterocycles. The van der Waals surface area contributed by atoms with E-state index in [2.05, 4.69) is 25.2 Å². The second-order valence-corrected chi connectivity index (χ2v) is 8.61. The molecule has 2 aromatic carbocycles. The molecule has 4 aromatic rings. The number of esters is 1. The zero-order chi connectivity index (χ0) is 26.5. The number of anilines is 2. The molecule has 0 unspecified atom stereocenters. The third kappa shape index (κ3) is 6.01. The Balaban J connectivity index is 1.58. The highest BCUT2D eigenvalue weighted by atomic mass is 35.5. The van der Waals surface area contributed by atoms with E-state index >= 15 is 0 Å². The van der Waals surface area contributed by atoms with Crippen LogP contribution in [0.1, 0.15) is 35.9 Å². The topological polar surface area (TPSA) is 130 Å². The van der Waals surface area contributed by atoms with Gasteiger partial charge in [-0.25, -0.2) is 19.0 Å². The number of halogens is 1. The Labute approximate surface area is 216 Å². The van der Waals surface area contributed by atoms with Crippen molar-refractivity contribution in [1.82, 2.24) is 24.3 Å². The van der Waals surface area contributed by atoms with E-state index in [1.54, 1.807) is 62.4 Å². The van der Waals surface area contributed by atoms with Crippen LogP contribution in [0.5, 0.6) is 11.6 Å². The number of benzene rings is 2. The van der Waals surface area contributed by atoms with Crippen molar-refractivity contribution in [3.8, 4) is 11.6 Å². The highest BCUT2D eigenvalue weighted by molar-refractivity contribution is 6.30. The van der Waals surface area contributed by atoms with Crippen LogP contribution in [-0.4, -0.2) is 37.4 Å². The maximum atomic E-state index is 13.2. The Hall–Kier alpha value is -4.51. The number of hydrogen-bond acceptors (Lipinski definition) is 9. The summed E-state index contributed by atoms with van der Waals surface area (Å²) in [6.45, 7) is 3.67. The van der Waals surface area contributed by atoms with Gasteiger partial charge in [0.2, 0.25) is 11.8 Å². The molecule has 190 valence electrons. The molecular formula is C25H23ClN6O5. The van der Waals surface area contributed by atoms with Gasteiger partial charge in [0.05, 0.1) is 13.7 Å². The summed E-state index contributed by atoms with van der Waals surface area (Å²) in [6.07, 6.45) is 0. The van der Waals surface area contributed by atoms with Crippen molar-refractivity contribution in [2.45, 2.75) is 26.4 Å². The largest absolute Gasteiger partial charge is 0.464 e. The molecule has 37 heavy (non-hydrogen) atoms. The van der Waals surface area contributed by atoms with Gasteiger partial charge in [-0.05, 0) is 61.9 Å². The van der Waals surface area contributed by atoms with E-state index in [4.69, 9.17) is 16.3 Å². The Morgan fingerprint density at radius 1 is 1.00 bits per heavy atom. The molecule has 11 nitrogen and oxygen atoms in total. The predicted octanol–water partition coefficient (Wildman–Crippen LogP) is 3.80. The van der Waals surface area contributed by atoms with Crippen molar-refractivity contribution in [3.05, 3.63) is 97.9 Å². The second-order valence-electron chi connectivity index (χ2n) is 8.18. The Kier molecular flexibility index (Phi) is 7.63. The van der Waals surface area contributed by atoms with Crippen molar-refractivity contribution in [2.24, 2.45) is 0 Å². The standard InChI is InChI=1S/C25H23ClN6O5/c1-15(2)32-24(34)28-23(31(25(32)35)14-16-4-6-17(26)7-5-16)27-18-8-10-19(11-9-18)37-21-13-12-20(29-30-21)22(33)36-3/h4-13,15H,14H2,1-3H3,(H,27,28,34). The van der Waals surface area contributed by atoms with E-state index in [1.165, 1.54) is 23.8 Å². The molecule has 0 atom stereocenters. The van der Waals surface area contributed by atoms with Crippen LogP contribution >= 0.6 is 11.6 Å². The van der Waals surface area contributed by atoms with Gasteiger partial charge in [0.25, 0.3) is 0 Å². The van der Waals surface area contributed by atoms with Gasteiger partial charge in [0.1, 0.15) is 5.75 Å². The summed E-state index contributed by atoms with van der Waals surface area (Å²) in [6, 6.07) is 16.3. The molecular weight excluding hydrogens is 500 g/mol. The summed E-state index contributed by atoms with van der Waals surface area (Å²) in [5.74, 6) is 0.134. The van der Waals surface area contributed by atoms with Crippen LogP contribution in [0.2, 0.25) is 5.02 Å². The average molecular weight is 523 g/mol. The lowest BCUT2D eigenvalue weighted by Gasteiger charge is -2.17. The number of ether oxygens (including phenoxy) is 2. The van der Waals surface area contributed by atoms with Gasteiger partial charge in [-0.2, -0.15) is 4.98 Å². The smallest absolute Gasteiger partial charge is 0.358 e. The first-order valence-electron chi connectivity index (χ1n) is 11.2. The van der Waals surface area contributed by atoms with Crippen LogP contribution in [-0.2, 0) is 11.3 Å². The van der Waals surface area contributed by atoms with E-state index in [1.807, 2.05) is 0 Å². The molecule has 0 fully saturated rings. The van der Waals surface area contributed by atoms with Gasteiger partial charge in [0.15, 0.2) is 5.69 Å². The first kappa shape index (κ1) is 25.6. The van der Waals surface area contributed by atoms with Gasteiger partial charge in [0, 0.05) is 22.8 Å². The van der Waals surface area contributed by atoms with E-state index in [-0.39, 0.29) is 30.1 Å². The monoisotopic (exact) mass is 522 g/mol. The van der Waals surface area contributed by atoms with E-state index < -0.39 is 17.3 Å². The van der Waals surface area contributed by atoms with Crippen molar-refractivity contribution in [2.75, 3.05) is 12.4 Å². The van der Waals surface area contributed by atoms with E-state index in [9.17, 15) is 14.4 Å². The fraction of sp³-hybridized carbons (Fsp3) is 0.200. The minimum atomic E-state index is -0.649. The maximum absolute atomic E-state index is 13.2. The number of nitrogens with one attached hydrogen (secondary N) is 1. The molecule has 0 saturated carbocycles. The average Bonchev–Trinajstić information content (AvgIpc) is 2.88. The van der Waals surface area contributed by atoms with Gasteiger partial charge in [-0.1, -0.05) is 23.7 Å². The highest BCUT2D eigenvalue weighted by Crippen LogP contribution is 2.23. The predicted molar refractivity (Wildman–Crippen MR) is 137 cm³/mol. The van der Waals surface area contributed by atoms with E-state index in [0.29, 0.717) is 16.5 Å². The number of carbonyl (C=O) groups excluding carboxylic acids is 1. The summed E-state index contributed by atoms with van der Waals surface area (Å²) < 4.78 is 12.7. The summed E-state index contributed by atoms with van der Waals surface area (Å²) in [5.41, 5.74) is 0.308. The molecule has 0 bridgehead atoms. The number of aromatic nitrogens is 5. The van der Waals surface area contributed by atoms with E-state index in [0.717, 1.165) is 10.1 Å². The number of carbonyl (C=O) groups is 1. The lowest BCUT2D eigenvalue weighted by Crippen LogP contribution is -2.43. The van der Waals surface area contributed by atoms with Crippen LogP contribution < -0.4 is 21.4 Å². The molecule has 12 heteroatoms. The number of rotatable bonds is 8. The summed E-state index contributed by atoms with van der Waals surface area (Å²) in [4.78, 5) is 41.4. The molecule has 0 aliphatic rings. The maximum Gasteiger partial charge on any atom is 0.358 e. The zero-order valence-corrected chi connectivity index (χ0v) is 21.0. The fourth-order valence-corrected chi connectivity index (χ4v) is 3.53. The summed E-state index contributed by atoms with van der Waals surface area (Å²) >= 11 is 5.99. The number of methoxy groups -OCH3 is 1. The van der Waals surface area contributed by atoms with Crippen LogP contribution in [0.3, 0.4) is 0 Å². The highest BCUT2D eigenvalue weighted by Gasteiger charge is 2.16. The van der Waals surface area contributed by atoms with Crippen molar-refractivity contribution >= 4 is 29.2 Å². The quantitative estimate of drug-likeness (QED) is 0.343. The van der Waals surface area contributed by atoms with Gasteiger partial charge in [-0.15, -0.1) is 10.2 Å². The SMILES string of the molecule is COC(=O)c1ccc(Oc2ccc(Nc3nc(=O)n(C(C)C)c(=O)n3Cc3ccc(Cl)cc3)cc2)nn1. The number of hydrogen-bond donors (Lipinski definition) is 1. The van der Waals surface area contributed by atoms with Crippen molar-refractivity contribution in [3.63, 3.8) is 0 Å². The lowest BCUT2D eigenvalue weighted by molar-refractivity contribution is 0.0592. The van der Waals surface area contributed by atoms with Crippen molar-refractivity contribution < 1.29 is 14.3 Å². The fourth-order valence-electron chi connectivity index (χ4n) is 3.40. The summed E-state index contributed by atoms with van der Waals surface area (Å²) in [5, 5.41) is 11.2. The first-order valence-corrected chi connectivity index (χ1v) is 11.6. The lowest BCUT2D eigenvalue weighted by atomic mass is 10.2. The molecule has 2 heterocycles. The normalized spacial score (nSPS) is 10.8. The molecule has 0 saturated heterocycles. The van der Waals surface area contributed by atoms with Gasteiger partial charge in [-0.3, -0.25) is 4.57 Å². The third-order valence-corrected chi connectivity index (χ3v) is 5.49. The van der Waals surface area contributed by atoms with Crippen LogP contribution in [0.25, 0.3) is 0 Å². The Morgan fingerprint density at radius 2 is 1.70 bits per heavy atom. The molecule has 0 aliphatic carbocycles. The Morgan fingerprint density at radius 3 is 2.30 bits per heavy atom. The zero-order valence-electron chi connectivity index (χ0n) is 20.2. The summed E-state index contributed by atoms with van der Waals surface area (Å²) in [7, 11) is 1.26. The van der Waals surface area contributed by atoms with Gasteiger partial charge < -0.3 is 14.8 Å².